The van der Waals surface area contributed by atoms with Crippen LogP contribution in [0, 0.1) is 0 Å². The normalized spacial score (nSPS) is 11.8. The summed E-state index contributed by atoms with van der Waals surface area (Å²) in [6.07, 6.45) is 0.808. The predicted octanol–water partition coefficient (Wildman–Crippen LogP) is 4.25. The number of aryl methyl sites for hydroxylation is 1. The van der Waals surface area contributed by atoms with Crippen molar-refractivity contribution in [3.8, 4) is 0 Å². The number of benzene rings is 2. The van der Waals surface area contributed by atoms with Crippen LogP contribution in [0.15, 0.2) is 47.3 Å². The maximum atomic E-state index is 12.8. The molecule has 33 heavy (non-hydrogen) atoms. The number of para-hydroxylation sites is 1. The molecule has 2 aromatic heterocycles. The van der Waals surface area contributed by atoms with E-state index in [0.717, 1.165) is 17.6 Å². The molecule has 0 bridgehead atoms. The number of nitrogens with one attached hydrogen (secondary N) is 2. The number of rotatable bonds is 7. The lowest BCUT2D eigenvalue weighted by Crippen LogP contribution is -2.42. The van der Waals surface area contributed by atoms with Gasteiger partial charge in [0.15, 0.2) is 5.82 Å². The molecule has 0 radical (unpaired) electrons. The fourth-order valence-electron chi connectivity index (χ4n) is 3.67. The zero-order chi connectivity index (χ0) is 23.8. The van der Waals surface area contributed by atoms with Crippen LogP contribution in [0.5, 0.6) is 0 Å². The van der Waals surface area contributed by atoms with E-state index in [1.165, 1.54) is 0 Å². The third kappa shape index (κ3) is 4.30. The van der Waals surface area contributed by atoms with Crippen molar-refractivity contribution in [1.29, 1.82) is 0 Å². The smallest absolute Gasteiger partial charge is 0.262 e. The number of halogens is 1. The summed E-state index contributed by atoms with van der Waals surface area (Å²) < 4.78 is 3.50. The van der Waals surface area contributed by atoms with E-state index in [1.54, 1.807) is 16.7 Å². The summed E-state index contributed by atoms with van der Waals surface area (Å²) in [6.45, 7) is 8.72. The van der Waals surface area contributed by atoms with Gasteiger partial charge in [0.25, 0.3) is 11.5 Å². The minimum Gasteiger partial charge on any atom is -0.378 e. The molecule has 0 aliphatic heterocycles. The van der Waals surface area contributed by atoms with Crippen LogP contribution in [0.25, 0.3) is 16.7 Å². The second-order valence-electron chi connectivity index (χ2n) is 8.56. The van der Waals surface area contributed by atoms with Gasteiger partial charge in [-0.05, 0) is 57.5 Å². The SMILES string of the molecule is CCn1c(=O)c2ccccc2n2c(CNc3ccc(C(=O)NC(C)(C)CC)c(Cl)c3)nnc12. The molecule has 0 saturated carbocycles. The Morgan fingerprint density at radius 2 is 1.88 bits per heavy atom. The summed E-state index contributed by atoms with van der Waals surface area (Å²) in [5.41, 5.74) is 1.53. The molecule has 4 aromatic rings. The van der Waals surface area contributed by atoms with E-state index in [0.29, 0.717) is 40.7 Å². The standard InChI is InChI=1S/C24H27ClN6O2/c1-5-24(3,4)27-21(32)16-12-11-15(13-18(16)25)26-14-20-28-29-23-30(6-2)22(33)17-9-7-8-10-19(17)31(20)23/h7-13,26H,5-6,14H2,1-4H3,(H,27,32). The number of amides is 1. The Labute approximate surface area is 196 Å². The summed E-state index contributed by atoms with van der Waals surface area (Å²) in [6, 6.07) is 12.7. The average Bonchev–Trinajstić information content (AvgIpc) is 3.21. The largest absolute Gasteiger partial charge is 0.378 e. The van der Waals surface area contributed by atoms with Crippen LogP contribution in [-0.2, 0) is 13.1 Å². The maximum Gasteiger partial charge on any atom is 0.262 e. The summed E-state index contributed by atoms with van der Waals surface area (Å²) in [4.78, 5) is 25.4. The van der Waals surface area contributed by atoms with E-state index in [4.69, 9.17) is 11.6 Å². The molecule has 2 heterocycles. The monoisotopic (exact) mass is 466 g/mol. The molecule has 0 unspecified atom stereocenters. The Morgan fingerprint density at radius 3 is 2.58 bits per heavy atom. The van der Waals surface area contributed by atoms with E-state index in [2.05, 4.69) is 20.8 Å². The van der Waals surface area contributed by atoms with Crippen LogP contribution in [0.3, 0.4) is 0 Å². The van der Waals surface area contributed by atoms with E-state index in [9.17, 15) is 9.59 Å². The lowest BCUT2D eigenvalue weighted by atomic mass is 10.0. The second kappa shape index (κ2) is 8.86. The molecule has 4 rings (SSSR count). The van der Waals surface area contributed by atoms with Gasteiger partial charge in [-0.15, -0.1) is 10.2 Å². The minimum absolute atomic E-state index is 0.0839. The molecule has 1 amide bonds. The Bertz CT molecular complexity index is 1410. The summed E-state index contributed by atoms with van der Waals surface area (Å²) >= 11 is 6.42. The highest BCUT2D eigenvalue weighted by Gasteiger charge is 2.21. The number of anilines is 1. The molecule has 0 saturated heterocycles. The molecule has 9 heteroatoms. The van der Waals surface area contributed by atoms with Gasteiger partial charge in [0.1, 0.15) is 0 Å². The predicted molar refractivity (Wildman–Crippen MR) is 131 cm³/mol. The number of aromatic nitrogens is 4. The second-order valence-corrected chi connectivity index (χ2v) is 8.97. The number of nitrogens with zero attached hydrogens (tertiary/aromatic N) is 4. The highest BCUT2D eigenvalue weighted by Crippen LogP contribution is 2.23. The van der Waals surface area contributed by atoms with Crippen LogP contribution in [0.2, 0.25) is 5.02 Å². The molecule has 0 fully saturated rings. The van der Waals surface area contributed by atoms with Crippen molar-refractivity contribution in [2.45, 2.75) is 52.7 Å². The zero-order valence-electron chi connectivity index (χ0n) is 19.1. The molecule has 0 aliphatic carbocycles. The van der Waals surface area contributed by atoms with E-state index in [1.807, 2.05) is 62.4 Å². The molecule has 172 valence electrons. The summed E-state index contributed by atoms with van der Waals surface area (Å²) in [5.74, 6) is 0.957. The molecule has 0 atom stereocenters. The van der Waals surface area contributed by atoms with Gasteiger partial charge in [0.05, 0.1) is 28.0 Å². The van der Waals surface area contributed by atoms with Gasteiger partial charge >= 0.3 is 0 Å². The van der Waals surface area contributed by atoms with Gasteiger partial charge in [0.2, 0.25) is 5.78 Å². The molecule has 2 aromatic carbocycles. The highest BCUT2D eigenvalue weighted by molar-refractivity contribution is 6.34. The van der Waals surface area contributed by atoms with Gasteiger partial charge in [-0.25, -0.2) is 0 Å². The van der Waals surface area contributed by atoms with Gasteiger partial charge in [-0.3, -0.25) is 18.6 Å². The van der Waals surface area contributed by atoms with Crippen molar-refractivity contribution in [2.75, 3.05) is 5.32 Å². The quantitative estimate of drug-likeness (QED) is 0.424. The Balaban J connectivity index is 1.62. The first kappa shape index (κ1) is 22.8. The van der Waals surface area contributed by atoms with Crippen LogP contribution < -0.4 is 16.2 Å². The van der Waals surface area contributed by atoms with Crippen molar-refractivity contribution in [1.82, 2.24) is 24.5 Å². The van der Waals surface area contributed by atoms with E-state index >= 15 is 0 Å². The number of hydrogen-bond donors (Lipinski definition) is 2. The number of carbonyl (C=O) groups excluding carboxylic acids is 1. The first-order valence-corrected chi connectivity index (χ1v) is 11.3. The van der Waals surface area contributed by atoms with Crippen molar-refractivity contribution < 1.29 is 4.79 Å². The maximum absolute atomic E-state index is 12.8. The van der Waals surface area contributed by atoms with Crippen molar-refractivity contribution >= 4 is 39.9 Å². The molecule has 2 N–H and O–H groups in total. The fourth-order valence-corrected chi connectivity index (χ4v) is 3.93. The van der Waals surface area contributed by atoms with Crippen molar-refractivity contribution in [3.05, 3.63) is 69.2 Å². The summed E-state index contributed by atoms with van der Waals surface area (Å²) in [5, 5.41) is 15.9. The fraction of sp³-hybridized carbons (Fsp3) is 0.333. The highest BCUT2D eigenvalue weighted by atomic mass is 35.5. The van der Waals surface area contributed by atoms with Gasteiger partial charge in [0, 0.05) is 17.8 Å². The van der Waals surface area contributed by atoms with Gasteiger partial charge < -0.3 is 10.6 Å². The number of fused-ring (bicyclic) bond motifs is 3. The number of hydrogen-bond acceptors (Lipinski definition) is 5. The van der Waals surface area contributed by atoms with Crippen LogP contribution in [-0.4, -0.2) is 30.6 Å². The lowest BCUT2D eigenvalue weighted by molar-refractivity contribution is 0.0911. The Morgan fingerprint density at radius 1 is 1.12 bits per heavy atom. The zero-order valence-corrected chi connectivity index (χ0v) is 19.9. The van der Waals surface area contributed by atoms with E-state index < -0.39 is 0 Å². The summed E-state index contributed by atoms with van der Waals surface area (Å²) in [7, 11) is 0. The molecule has 8 nitrogen and oxygen atoms in total. The van der Waals surface area contributed by atoms with Crippen molar-refractivity contribution in [2.24, 2.45) is 0 Å². The van der Waals surface area contributed by atoms with Crippen LogP contribution in [0.1, 0.15) is 50.3 Å². The molecule has 0 spiro atoms. The third-order valence-electron chi connectivity index (χ3n) is 5.89. The molecular formula is C24H27ClN6O2. The Kier molecular flexibility index (Phi) is 6.12. The first-order valence-electron chi connectivity index (χ1n) is 11.0. The minimum atomic E-state index is -0.311. The first-order chi connectivity index (χ1) is 15.8. The van der Waals surface area contributed by atoms with Crippen LogP contribution >= 0.6 is 11.6 Å². The molecule has 0 aliphatic rings. The lowest BCUT2D eigenvalue weighted by Gasteiger charge is -2.24. The van der Waals surface area contributed by atoms with E-state index in [-0.39, 0.29) is 17.0 Å². The third-order valence-corrected chi connectivity index (χ3v) is 6.20. The van der Waals surface area contributed by atoms with Gasteiger partial charge in [-0.1, -0.05) is 30.7 Å². The molecular weight excluding hydrogens is 440 g/mol. The number of carbonyl (C=O) groups is 1. The van der Waals surface area contributed by atoms with Gasteiger partial charge in [-0.2, -0.15) is 0 Å². The average molecular weight is 467 g/mol. The Hall–Kier alpha value is -3.39. The topological polar surface area (TPSA) is 93.3 Å². The van der Waals surface area contributed by atoms with Crippen LogP contribution in [0.4, 0.5) is 5.69 Å². The van der Waals surface area contributed by atoms with Crippen molar-refractivity contribution in [3.63, 3.8) is 0 Å².